The molecule has 4 rings (SSSR count). The summed E-state index contributed by atoms with van der Waals surface area (Å²) >= 11 is 0. The summed E-state index contributed by atoms with van der Waals surface area (Å²) in [6.07, 6.45) is 2.48. The highest BCUT2D eigenvalue weighted by Crippen LogP contribution is 2.28. The summed E-state index contributed by atoms with van der Waals surface area (Å²) in [6.45, 7) is 0.663. The van der Waals surface area contributed by atoms with Crippen molar-refractivity contribution in [3.63, 3.8) is 0 Å². The van der Waals surface area contributed by atoms with Crippen molar-refractivity contribution in [3.05, 3.63) is 58.4 Å². The number of phenolic OH excluding ortho intramolecular Hbond substituents is 1. The number of hydrogen-bond acceptors (Lipinski definition) is 3. The van der Waals surface area contributed by atoms with E-state index in [1.54, 1.807) is 23.1 Å². The lowest BCUT2D eigenvalue weighted by Crippen LogP contribution is -2.36. The number of aromatic hydroxyl groups is 1. The number of rotatable bonds is 1. The molecule has 26 heavy (non-hydrogen) atoms. The topological polar surface area (TPSA) is 69.6 Å². The van der Waals surface area contributed by atoms with Gasteiger partial charge in [0.05, 0.1) is 0 Å². The molecule has 0 radical (unpaired) electrons. The maximum Gasteiger partial charge on any atom is 0.254 e. The van der Waals surface area contributed by atoms with E-state index in [9.17, 15) is 19.1 Å². The molecule has 0 saturated heterocycles. The molecule has 5 nitrogen and oxygen atoms in total. The Kier molecular flexibility index (Phi) is 4.11. The molecule has 2 aliphatic rings. The quantitative estimate of drug-likeness (QED) is 0.827. The molecule has 2 aromatic rings. The molecule has 0 bridgehead atoms. The van der Waals surface area contributed by atoms with Crippen molar-refractivity contribution in [2.24, 2.45) is 0 Å². The van der Waals surface area contributed by atoms with Crippen LogP contribution >= 0.6 is 0 Å². The number of fused-ring (bicyclic) bond motifs is 2. The lowest BCUT2D eigenvalue weighted by molar-refractivity contribution is -0.116. The summed E-state index contributed by atoms with van der Waals surface area (Å²) in [5.74, 6) is -0.730. The van der Waals surface area contributed by atoms with E-state index in [0.717, 1.165) is 35.7 Å². The van der Waals surface area contributed by atoms with E-state index in [-0.39, 0.29) is 24.1 Å². The Bertz CT molecular complexity index is 910. The van der Waals surface area contributed by atoms with Gasteiger partial charge in [0, 0.05) is 42.4 Å². The van der Waals surface area contributed by atoms with Gasteiger partial charge in [-0.25, -0.2) is 4.39 Å². The van der Waals surface area contributed by atoms with E-state index in [0.29, 0.717) is 30.5 Å². The lowest BCUT2D eigenvalue weighted by atomic mass is 9.97. The number of amides is 2. The molecule has 2 heterocycles. The number of aryl methyl sites for hydroxylation is 1. The van der Waals surface area contributed by atoms with Crippen LogP contribution < -0.4 is 5.32 Å². The maximum atomic E-state index is 14.1. The molecule has 0 aromatic heterocycles. The SMILES string of the molecule is O=C1CCCc2cc(C(=O)N3CCc4cc(O)cc(F)c4C3)ccc2N1. The number of hydrogen-bond donors (Lipinski definition) is 2. The second kappa shape index (κ2) is 6.44. The van der Waals surface area contributed by atoms with E-state index < -0.39 is 5.82 Å². The van der Waals surface area contributed by atoms with Crippen LogP contribution in [0, 0.1) is 5.82 Å². The standard InChI is InChI=1S/C20H19FN2O3/c21-17-10-15(24)9-12-6-7-23(11-16(12)17)20(26)14-4-5-18-13(8-14)2-1-3-19(25)22-18/h4-5,8-10,24H,1-3,6-7,11H2,(H,22,25). The fourth-order valence-corrected chi connectivity index (χ4v) is 3.67. The first-order chi connectivity index (χ1) is 12.5. The third-order valence-corrected chi connectivity index (χ3v) is 5.04. The average Bonchev–Trinajstić information content (AvgIpc) is 2.80. The lowest BCUT2D eigenvalue weighted by Gasteiger charge is -2.29. The minimum Gasteiger partial charge on any atom is -0.508 e. The molecule has 2 aliphatic heterocycles. The average molecular weight is 354 g/mol. The molecule has 0 aliphatic carbocycles. The smallest absolute Gasteiger partial charge is 0.254 e. The first kappa shape index (κ1) is 16.6. The third-order valence-electron chi connectivity index (χ3n) is 5.04. The van der Waals surface area contributed by atoms with E-state index in [1.807, 2.05) is 6.07 Å². The molecule has 0 fully saturated rings. The molecule has 0 atom stereocenters. The van der Waals surface area contributed by atoms with Crippen molar-refractivity contribution in [1.29, 1.82) is 0 Å². The van der Waals surface area contributed by atoms with Crippen LogP contribution in [-0.2, 0) is 24.2 Å². The number of carbonyl (C=O) groups excluding carboxylic acids is 2. The molecule has 0 saturated carbocycles. The summed E-state index contributed by atoms with van der Waals surface area (Å²) in [5, 5.41) is 12.4. The van der Waals surface area contributed by atoms with Gasteiger partial charge in [-0.15, -0.1) is 0 Å². The van der Waals surface area contributed by atoms with Gasteiger partial charge in [0.25, 0.3) is 5.91 Å². The normalized spacial score (nSPS) is 16.3. The number of nitrogens with zero attached hydrogens (tertiary/aromatic N) is 1. The number of phenols is 1. The Morgan fingerprint density at radius 3 is 2.81 bits per heavy atom. The van der Waals surface area contributed by atoms with Crippen molar-refractivity contribution in [2.45, 2.75) is 32.2 Å². The molecule has 2 amide bonds. The van der Waals surface area contributed by atoms with Crippen LogP contribution in [0.1, 0.15) is 39.9 Å². The number of halogens is 1. The Balaban J connectivity index is 1.59. The Labute approximate surface area is 150 Å². The van der Waals surface area contributed by atoms with Crippen molar-refractivity contribution in [1.82, 2.24) is 4.90 Å². The molecule has 134 valence electrons. The number of nitrogens with one attached hydrogen (secondary N) is 1. The van der Waals surface area contributed by atoms with Gasteiger partial charge in [-0.3, -0.25) is 9.59 Å². The van der Waals surface area contributed by atoms with Crippen LogP contribution in [0.2, 0.25) is 0 Å². The van der Waals surface area contributed by atoms with Crippen LogP contribution in [-0.4, -0.2) is 28.4 Å². The molecular formula is C20H19FN2O3. The van der Waals surface area contributed by atoms with Crippen LogP contribution in [0.3, 0.4) is 0 Å². The predicted octanol–water partition coefficient (Wildman–Crippen LogP) is 3.00. The van der Waals surface area contributed by atoms with E-state index in [4.69, 9.17) is 0 Å². The van der Waals surface area contributed by atoms with Gasteiger partial charge in [0.1, 0.15) is 11.6 Å². The summed E-state index contributed by atoms with van der Waals surface area (Å²) < 4.78 is 14.1. The largest absolute Gasteiger partial charge is 0.508 e. The second-order valence-electron chi connectivity index (χ2n) is 6.82. The van der Waals surface area contributed by atoms with Crippen molar-refractivity contribution >= 4 is 17.5 Å². The molecule has 0 spiro atoms. The molecule has 2 aromatic carbocycles. The minimum atomic E-state index is -0.484. The first-order valence-corrected chi connectivity index (χ1v) is 8.73. The zero-order chi connectivity index (χ0) is 18.3. The number of anilines is 1. The zero-order valence-electron chi connectivity index (χ0n) is 14.2. The summed E-state index contributed by atoms with van der Waals surface area (Å²) in [7, 11) is 0. The minimum absolute atomic E-state index is 0.00538. The Hall–Kier alpha value is -2.89. The fourth-order valence-electron chi connectivity index (χ4n) is 3.67. The van der Waals surface area contributed by atoms with Crippen LogP contribution in [0.15, 0.2) is 30.3 Å². The Morgan fingerprint density at radius 2 is 1.96 bits per heavy atom. The van der Waals surface area contributed by atoms with Gasteiger partial charge in [-0.1, -0.05) is 0 Å². The van der Waals surface area contributed by atoms with Gasteiger partial charge in [0.2, 0.25) is 5.91 Å². The maximum absolute atomic E-state index is 14.1. The van der Waals surface area contributed by atoms with Crippen LogP contribution in [0.4, 0.5) is 10.1 Å². The van der Waals surface area contributed by atoms with Gasteiger partial charge < -0.3 is 15.3 Å². The van der Waals surface area contributed by atoms with E-state index in [2.05, 4.69) is 5.32 Å². The van der Waals surface area contributed by atoms with Crippen LogP contribution in [0.5, 0.6) is 5.75 Å². The highest BCUT2D eigenvalue weighted by atomic mass is 19.1. The van der Waals surface area contributed by atoms with Gasteiger partial charge in [0.15, 0.2) is 0 Å². The van der Waals surface area contributed by atoms with Crippen LogP contribution in [0.25, 0.3) is 0 Å². The van der Waals surface area contributed by atoms with Gasteiger partial charge >= 0.3 is 0 Å². The monoisotopic (exact) mass is 354 g/mol. The number of carbonyl (C=O) groups is 2. The van der Waals surface area contributed by atoms with Gasteiger partial charge in [-0.05, 0) is 54.7 Å². The third kappa shape index (κ3) is 3.03. The Morgan fingerprint density at radius 1 is 1.12 bits per heavy atom. The van der Waals surface area contributed by atoms with E-state index in [1.165, 1.54) is 0 Å². The predicted molar refractivity (Wildman–Crippen MR) is 94.5 cm³/mol. The zero-order valence-corrected chi connectivity index (χ0v) is 14.2. The highest BCUT2D eigenvalue weighted by molar-refractivity contribution is 5.97. The number of benzene rings is 2. The summed E-state index contributed by atoms with van der Waals surface area (Å²) in [6, 6.07) is 7.94. The van der Waals surface area contributed by atoms with Crippen molar-refractivity contribution < 1.29 is 19.1 Å². The molecule has 2 N–H and O–H groups in total. The molecule has 0 unspecified atom stereocenters. The first-order valence-electron chi connectivity index (χ1n) is 8.73. The molecular weight excluding hydrogens is 335 g/mol. The summed E-state index contributed by atoms with van der Waals surface area (Å²) in [4.78, 5) is 26.2. The highest BCUT2D eigenvalue weighted by Gasteiger charge is 2.25. The fraction of sp³-hybridized carbons (Fsp3) is 0.300. The van der Waals surface area contributed by atoms with Crippen molar-refractivity contribution in [3.8, 4) is 5.75 Å². The molecule has 6 heteroatoms. The van der Waals surface area contributed by atoms with E-state index >= 15 is 0 Å². The summed E-state index contributed by atoms with van der Waals surface area (Å²) in [5.41, 5.74) is 3.47. The second-order valence-corrected chi connectivity index (χ2v) is 6.82. The van der Waals surface area contributed by atoms with Crippen molar-refractivity contribution in [2.75, 3.05) is 11.9 Å². The van der Waals surface area contributed by atoms with Gasteiger partial charge in [-0.2, -0.15) is 0 Å².